The SMILES string of the molecule is CC(=O)CC1CN(C)c2cccc(O)c21. The monoisotopic (exact) mass is 205 g/mol. The van der Waals surface area contributed by atoms with Crippen LogP contribution < -0.4 is 4.90 Å². The maximum atomic E-state index is 11.1. The number of anilines is 1. The molecule has 1 aromatic carbocycles. The first kappa shape index (κ1) is 10.0. The van der Waals surface area contributed by atoms with Crippen LogP contribution in [0.15, 0.2) is 18.2 Å². The Kier molecular flexibility index (Phi) is 2.39. The Bertz CT molecular complexity index is 401. The number of phenols is 1. The van der Waals surface area contributed by atoms with Crippen molar-refractivity contribution in [1.82, 2.24) is 0 Å². The zero-order valence-corrected chi connectivity index (χ0v) is 9.03. The van der Waals surface area contributed by atoms with Crippen LogP contribution >= 0.6 is 0 Å². The second-order valence-electron chi connectivity index (χ2n) is 4.19. The Morgan fingerprint density at radius 3 is 3.00 bits per heavy atom. The van der Waals surface area contributed by atoms with E-state index in [1.54, 1.807) is 13.0 Å². The molecule has 3 heteroatoms. The number of phenolic OH excluding ortho intramolecular Hbond substituents is 1. The fraction of sp³-hybridized carbons (Fsp3) is 0.417. The van der Waals surface area contributed by atoms with Crippen molar-refractivity contribution in [3.8, 4) is 5.75 Å². The normalized spacial score (nSPS) is 19.1. The Balaban J connectivity index is 2.39. The number of likely N-dealkylation sites (N-methyl/N-ethyl adjacent to an activating group) is 1. The molecule has 0 aliphatic carbocycles. The number of Topliss-reactive ketones (excluding diaryl/α,β-unsaturated/α-hetero) is 1. The zero-order valence-electron chi connectivity index (χ0n) is 9.03. The van der Waals surface area contributed by atoms with Gasteiger partial charge in [0.2, 0.25) is 0 Å². The molecule has 1 heterocycles. The standard InChI is InChI=1S/C12H15NO2/c1-8(14)6-9-7-13(2)10-4-3-5-11(15)12(9)10/h3-5,9,15H,6-7H2,1-2H3. The number of ketones is 1. The third-order valence-electron chi connectivity index (χ3n) is 2.91. The van der Waals surface area contributed by atoms with Gasteiger partial charge in [-0.25, -0.2) is 0 Å². The lowest BCUT2D eigenvalue weighted by Crippen LogP contribution is -2.16. The van der Waals surface area contributed by atoms with Gasteiger partial charge in [0.05, 0.1) is 0 Å². The van der Waals surface area contributed by atoms with Crippen molar-refractivity contribution < 1.29 is 9.90 Å². The van der Waals surface area contributed by atoms with Gasteiger partial charge in [0.1, 0.15) is 11.5 Å². The number of fused-ring (bicyclic) bond motifs is 1. The second-order valence-corrected chi connectivity index (χ2v) is 4.19. The summed E-state index contributed by atoms with van der Waals surface area (Å²) >= 11 is 0. The molecule has 0 amide bonds. The highest BCUT2D eigenvalue weighted by Gasteiger charge is 2.29. The smallest absolute Gasteiger partial charge is 0.130 e. The quantitative estimate of drug-likeness (QED) is 0.801. The van der Waals surface area contributed by atoms with Gasteiger partial charge < -0.3 is 14.8 Å². The van der Waals surface area contributed by atoms with Gasteiger partial charge >= 0.3 is 0 Å². The average molecular weight is 205 g/mol. The first-order chi connectivity index (χ1) is 7.09. The first-order valence-electron chi connectivity index (χ1n) is 5.12. The molecule has 2 rings (SSSR count). The van der Waals surface area contributed by atoms with Crippen molar-refractivity contribution in [2.75, 3.05) is 18.5 Å². The zero-order chi connectivity index (χ0) is 11.0. The summed E-state index contributed by atoms with van der Waals surface area (Å²) in [6.07, 6.45) is 0.509. The van der Waals surface area contributed by atoms with Gasteiger partial charge in [-0.2, -0.15) is 0 Å². The summed E-state index contributed by atoms with van der Waals surface area (Å²) in [4.78, 5) is 13.2. The van der Waals surface area contributed by atoms with Crippen LogP contribution in [0.4, 0.5) is 5.69 Å². The van der Waals surface area contributed by atoms with Crippen molar-refractivity contribution in [2.45, 2.75) is 19.3 Å². The van der Waals surface area contributed by atoms with Crippen LogP contribution in [0.2, 0.25) is 0 Å². The van der Waals surface area contributed by atoms with E-state index >= 15 is 0 Å². The molecule has 0 saturated carbocycles. The lowest BCUT2D eigenvalue weighted by Gasteiger charge is -2.11. The molecule has 1 aliphatic heterocycles. The van der Waals surface area contributed by atoms with E-state index in [0.29, 0.717) is 12.2 Å². The number of benzene rings is 1. The summed E-state index contributed by atoms with van der Waals surface area (Å²) in [5.74, 6) is 0.622. The Morgan fingerprint density at radius 1 is 1.60 bits per heavy atom. The van der Waals surface area contributed by atoms with Crippen LogP contribution in [0.1, 0.15) is 24.8 Å². The van der Waals surface area contributed by atoms with E-state index < -0.39 is 0 Å². The molecule has 0 aromatic heterocycles. The van der Waals surface area contributed by atoms with Gasteiger partial charge in [-0.05, 0) is 19.1 Å². The van der Waals surface area contributed by atoms with Gasteiger partial charge in [0.15, 0.2) is 0 Å². The summed E-state index contributed by atoms with van der Waals surface area (Å²) < 4.78 is 0. The molecule has 0 radical (unpaired) electrons. The van der Waals surface area contributed by atoms with Crippen molar-refractivity contribution in [1.29, 1.82) is 0 Å². The van der Waals surface area contributed by atoms with Crippen LogP contribution in [-0.2, 0) is 4.79 Å². The molecular formula is C12H15NO2. The molecule has 0 spiro atoms. The summed E-state index contributed by atoms with van der Waals surface area (Å²) in [6, 6.07) is 5.50. The summed E-state index contributed by atoms with van der Waals surface area (Å²) in [5.41, 5.74) is 1.97. The van der Waals surface area contributed by atoms with E-state index in [9.17, 15) is 9.90 Å². The van der Waals surface area contributed by atoms with Gasteiger partial charge in [-0.15, -0.1) is 0 Å². The van der Waals surface area contributed by atoms with E-state index in [2.05, 4.69) is 4.90 Å². The lowest BCUT2D eigenvalue weighted by molar-refractivity contribution is -0.117. The van der Waals surface area contributed by atoms with Crippen molar-refractivity contribution >= 4 is 11.5 Å². The summed E-state index contributed by atoms with van der Waals surface area (Å²) in [5, 5.41) is 9.79. The largest absolute Gasteiger partial charge is 0.508 e. The fourth-order valence-electron chi connectivity index (χ4n) is 2.33. The molecule has 0 fully saturated rings. The van der Waals surface area contributed by atoms with Crippen LogP contribution in [0.3, 0.4) is 0 Å². The summed E-state index contributed by atoms with van der Waals surface area (Å²) in [7, 11) is 1.98. The molecule has 1 atom stereocenters. The maximum Gasteiger partial charge on any atom is 0.130 e. The minimum Gasteiger partial charge on any atom is -0.508 e. The Hall–Kier alpha value is -1.51. The topological polar surface area (TPSA) is 40.5 Å². The minimum atomic E-state index is 0.142. The van der Waals surface area contributed by atoms with Crippen LogP contribution in [0.5, 0.6) is 5.75 Å². The van der Waals surface area contributed by atoms with Gasteiger partial charge in [0, 0.05) is 37.2 Å². The number of hydrogen-bond acceptors (Lipinski definition) is 3. The second kappa shape index (κ2) is 3.57. The molecule has 0 saturated heterocycles. The molecular weight excluding hydrogens is 190 g/mol. The van der Waals surface area contributed by atoms with Crippen molar-refractivity contribution in [3.63, 3.8) is 0 Å². The number of carbonyl (C=O) groups excluding carboxylic acids is 1. The molecule has 3 nitrogen and oxygen atoms in total. The van der Waals surface area contributed by atoms with E-state index in [4.69, 9.17) is 0 Å². The van der Waals surface area contributed by atoms with Gasteiger partial charge in [-0.1, -0.05) is 6.07 Å². The van der Waals surface area contributed by atoms with E-state index in [0.717, 1.165) is 17.8 Å². The molecule has 0 bridgehead atoms. The van der Waals surface area contributed by atoms with Crippen LogP contribution in [0, 0.1) is 0 Å². The highest BCUT2D eigenvalue weighted by atomic mass is 16.3. The third kappa shape index (κ3) is 1.69. The predicted molar refractivity (Wildman–Crippen MR) is 59.4 cm³/mol. The predicted octanol–water partition coefficient (Wildman–Crippen LogP) is 1.90. The highest BCUT2D eigenvalue weighted by Crippen LogP contribution is 2.42. The molecule has 1 aromatic rings. The third-order valence-corrected chi connectivity index (χ3v) is 2.91. The number of hydrogen-bond donors (Lipinski definition) is 1. The lowest BCUT2D eigenvalue weighted by atomic mass is 9.95. The van der Waals surface area contributed by atoms with Crippen molar-refractivity contribution in [2.24, 2.45) is 0 Å². The minimum absolute atomic E-state index is 0.142. The summed E-state index contributed by atoms with van der Waals surface area (Å²) in [6.45, 7) is 2.41. The Morgan fingerprint density at radius 2 is 2.33 bits per heavy atom. The van der Waals surface area contributed by atoms with Crippen LogP contribution in [-0.4, -0.2) is 24.5 Å². The van der Waals surface area contributed by atoms with Gasteiger partial charge in [0.25, 0.3) is 0 Å². The highest BCUT2D eigenvalue weighted by molar-refractivity contribution is 5.78. The maximum absolute atomic E-state index is 11.1. The number of carbonyl (C=O) groups is 1. The fourth-order valence-corrected chi connectivity index (χ4v) is 2.33. The molecule has 80 valence electrons. The van der Waals surface area contributed by atoms with Crippen LogP contribution in [0.25, 0.3) is 0 Å². The number of rotatable bonds is 2. The van der Waals surface area contributed by atoms with Crippen molar-refractivity contribution in [3.05, 3.63) is 23.8 Å². The molecule has 1 unspecified atom stereocenters. The number of aromatic hydroxyl groups is 1. The average Bonchev–Trinajstić information content (AvgIpc) is 2.44. The number of nitrogens with zero attached hydrogens (tertiary/aromatic N) is 1. The van der Waals surface area contributed by atoms with E-state index in [-0.39, 0.29) is 11.7 Å². The first-order valence-corrected chi connectivity index (χ1v) is 5.12. The molecule has 15 heavy (non-hydrogen) atoms. The molecule has 1 aliphatic rings. The van der Waals surface area contributed by atoms with E-state index in [1.807, 2.05) is 19.2 Å². The molecule has 1 N–H and O–H groups in total. The van der Waals surface area contributed by atoms with Gasteiger partial charge in [-0.3, -0.25) is 0 Å². The van der Waals surface area contributed by atoms with E-state index in [1.165, 1.54) is 0 Å². The Labute approximate surface area is 89.3 Å².